The average Bonchev–Trinajstić information content (AvgIpc) is 2.88. The minimum atomic E-state index is -3.74. The van der Waals surface area contributed by atoms with Crippen LogP contribution in [0.2, 0.25) is 0 Å². The third kappa shape index (κ3) is 6.05. The van der Waals surface area contributed by atoms with Gasteiger partial charge in [0.1, 0.15) is 16.2 Å². The largest absolute Gasteiger partial charge is 0.495 e. The van der Waals surface area contributed by atoms with Gasteiger partial charge in [-0.15, -0.1) is 0 Å². The molecule has 13 heteroatoms. The summed E-state index contributed by atoms with van der Waals surface area (Å²) in [5.74, 6) is -0.755. The van der Waals surface area contributed by atoms with Crippen LogP contribution in [0.4, 0.5) is 17.5 Å². The minimum absolute atomic E-state index is 0.0412. The number of hydrogen-bond donors (Lipinski definition) is 5. The van der Waals surface area contributed by atoms with E-state index < -0.39 is 27.0 Å². The van der Waals surface area contributed by atoms with Crippen LogP contribution in [0.25, 0.3) is 0 Å². The predicted octanol–water partition coefficient (Wildman–Crippen LogP) is 1.87. The number of sulfonamides is 1. The highest BCUT2D eigenvalue weighted by Gasteiger charge is 2.30. The Balaban J connectivity index is 1.61. The quantitative estimate of drug-likeness (QED) is 0.321. The fourth-order valence-corrected chi connectivity index (χ4v) is 6.56. The molecule has 1 amide bonds. The van der Waals surface area contributed by atoms with Crippen molar-refractivity contribution in [2.45, 2.75) is 61.8 Å². The van der Waals surface area contributed by atoms with Crippen molar-refractivity contribution in [2.75, 3.05) is 37.4 Å². The number of carbonyl (C=O) groups is 1. The molecule has 1 aromatic heterocycles. The van der Waals surface area contributed by atoms with E-state index in [2.05, 4.69) is 20.6 Å². The molecule has 0 radical (unpaired) electrons. The second kappa shape index (κ2) is 11.1. The first-order valence-corrected chi connectivity index (χ1v) is 14.0. The highest BCUT2D eigenvalue weighted by Crippen LogP contribution is 2.32. The van der Waals surface area contributed by atoms with Gasteiger partial charge in [-0.25, -0.2) is 8.42 Å². The Morgan fingerprint density at radius 3 is 2.49 bits per heavy atom. The smallest absolute Gasteiger partial charge is 0.267 e. The number of nitrogens with zero attached hydrogens (tertiary/aromatic N) is 2. The van der Waals surface area contributed by atoms with E-state index in [9.17, 15) is 18.0 Å². The number of primary amides is 1. The number of methoxy groups -OCH3 is 1. The van der Waals surface area contributed by atoms with Crippen LogP contribution in [-0.2, 0) is 10.0 Å². The fourth-order valence-electron chi connectivity index (χ4n) is 4.91. The number of rotatable bonds is 9. The molecule has 0 unspecified atom stereocenters. The molecular formula is C24H35N7O5S. The molecule has 7 N–H and O–H groups in total. The van der Waals surface area contributed by atoms with Gasteiger partial charge in [0, 0.05) is 36.9 Å². The van der Waals surface area contributed by atoms with Crippen LogP contribution in [0.5, 0.6) is 5.75 Å². The molecular weight excluding hydrogens is 498 g/mol. The summed E-state index contributed by atoms with van der Waals surface area (Å²) < 4.78 is 33.2. The lowest BCUT2D eigenvalue weighted by Crippen LogP contribution is -2.48. The third-order valence-corrected chi connectivity index (χ3v) is 8.92. The summed E-state index contributed by atoms with van der Waals surface area (Å²) in [6, 6.07) is 4.44. The number of aromatic nitrogens is 2. The number of aromatic amines is 1. The number of hydrogen-bond acceptors (Lipinski definition) is 9. The van der Waals surface area contributed by atoms with Gasteiger partial charge in [0.2, 0.25) is 16.0 Å². The van der Waals surface area contributed by atoms with E-state index in [1.807, 2.05) is 0 Å². The summed E-state index contributed by atoms with van der Waals surface area (Å²) in [5.41, 5.74) is 10.8. The molecule has 2 heterocycles. The van der Waals surface area contributed by atoms with E-state index in [1.54, 1.807) is 0 Å². The van der Waals surface area contributed by atoms with E-state index in [0.717, 1.165) is 51.4 Å². The maximum absolute atomic E-state index is 13.2. The normalized spacial score (nSPS) is 18.2. The van der Waals surface area contributed by atoms with Crippen molar-refractivity contribution in [2.24, 2.45) is 11.5 Å². The van der Waals surface area contributed by atoms with Crippen molar-refractivity contribution < 1.29 is 17.9 Å². The summed E-state index contributed by atoms with van der Waals surface area (Å²) in [5, 5.41) is 6.01. The highest BCUT2D eigenvalue weighted by molar-refractivity contribution is 7.89. The number of nitrogens with two attached hydrogens (primary N) is 2. The third-order valence-electron chi connectivity index (χ3n) is 6.98. The molecule has 1 saturated carbocycles. The van der Waals surface area contributed by atoms with Crippen LogP contribution in [0.3, 0.4) is 0 Å². The molecule has 0 atom stereocenters. The second-order valence-electron chi connectivity index (χ2n) is 9.73. The second-order valence-corrected chi connectivity index (χ2v) is 11.6. The lowest BCUT2D eigenvalue weighted by atomic mass is 9.82. The summed E-state index contributed by atoms with van der Waals surface area (Å²) in [6.07, 6.45) is 7.58. The predicted molar refractivity (Wildman–Crippen MR) is 141 cm³/mol. The first kappa shape index (κ1) is 26.9. The van der Waals surface area contributed by atoms with Gasteiger partial charge in [0.05, 0.1) is 7.11 Å². The van der Waals surface area contributed by atoms with Crippen molar-refractivity contribution in [1.29, 1.82) is 0 Å². The molecule has 1 saturated heterocycles. The summed E-state index contributed by atoms with van der Waals surface area (Å²) >= 11 is 0. The first-order chi connectivity index (χ1) is 17.6. The van der Waals surface area contributed by atoms with Gasteiger partial charge in [-0.05, 0) is 37.8 Å². The number of amides is 1. The van der Waals surface area contributed by atoms with Crippen LogP contribution >= 0.6 is 0 Å². The van der Waals surface area contributed by atoms with E-state index in [-0.39, 0.29) is 28.0 Å². The van der Waals surface area contributed by atoms with Crippen molar-refractivity contribution in [3.05, 3.63) is 34.1 Å². The molecule has 0 bridgehead atoms. The molecule has 2 aromatic rings. The lowest BCUT2D eigenvalue weighted by Gasteiger charge is -2.33. The zero-order valence-corrected chi connectivity index (χ0v) is 21.8. The Kier molecular flexibility index (Phi) is 8.05. The molecule has 1 aliphatic carbocycles. The van der Waals surface area contributed by atoms with Gasteiger partial charge in [-0.3, -0.25) is 14.6 Å². The van der Waals surface area contributed by atoms with Crippen LogP contribution in [0, 0.1) is 0 Å². The van der Waals surface area contributed by atoms with E-state index in [0.29, 0.717) is 25.3 Å². The number of H-pyrrole nitrogens is 1. The SMILES string of the molecule is COc1cc(Nc2nc(NCC3(N)CCCCC3)[nH]c(=O)c2C(N)=O)ccc1S(=O)(=O)N1CCCCC1. The highest BCUT2D eigenvalue weighted by atomic mass is 32.2. The number of anilines is 3. The summed E-state index contributed by atoms with van der Waals surface area (Å²) in [4.78, 5) is 31.7. The monoisotopic (exact) mass is 533 g/mol. The minimum Gasteiger partial charge on any atom is -0.495 e. The Morgan fingerprint density at radius 2 is 1.84 bits per heavy atom. The number of carbonyl (C=O) groups excluding carboxylic acids is 1. The van der Waals surface area contributed by atoms with Crippen molar-refractivity contribution in [3.63, 3.8) is 0 Å². The Labute approximate surface area is 216 Å². The van der Waals surface area contributed by atoms with E-state index in [4.69, 9.17) is 16.2 Å². The zero-order chi connectivity index (χ0) is 26.6. The average molecular weight is 534 g/mol. The maximum atomic E-state index is 13.2. The molecule has 37 heavy (non-hydrogen) atoms. The van der Waals surface area contributed by atoms with Gasteiger partial charge in [-0.2, -0.15) is 9.29 Å². The van der Waals surface area contributed by atoms with Crippen molar-refractivity contribution in [1.82, 2.24) is 14.3 Å². The molecule has 4 rings (SSSR count). The first-order valence-electron chi connectivity index (χ1n) is 12.5. The number of nitrogens with one attached hydrogen (secondary N) is 3. The van der Waals surface area contributed by atoms with Gasteiger partial charge in [0.15, 0.2) is 5.82 Å². The van der Waals surface area contributed by atoms with Gasteiger partial charge < -0.3 is 26.8 Å². The lowest BCUT2D eigenvalue weighted by molar-refractivity contribution is 0.0999. The van der Waals surface area contributed by atoms with Gasteiger partial charge in [-0.1, -0.05) is 25.7 Å². The zero-order valence-electron chi connectivity index (χ0n) is 21.0. The Morgan fingerprint density at radius 1 is 1.16 bits per heavy atom. The summed E-state index contributed by atoms with van der Waals surface area (Å²) in [6.45, 7) is 1.33. The van der Waals surface area contributed by atoms with Crippen LogP contribution in [0.15, 0.2) is 27.9 Å². The molecule has 202 valence electrons. The number of piperidine rings is 1. The van der Waals surface area contributed by atoms with E-state index >= 15 is 0 Å². The summed E-state index contributed by atoms with van der Waals surface area (Å²) in [7, 11) is -2.36. The number of benzene rings is 1. The van der Waals surface area contributed by atoms with Crippen LogP contribution in [-0.4, -0.2) is 60.9 Å². The molecule has 12 nitrogen and oxygen atoms in total. The van der Waals surface area contributed by atoms with Gasteiger partial charge in [0.25, 0.3) is 11.5 Å². The molecule has 0 spiro atoms. The van der Waals surface area contributed by atoms with E-state index in [1.165, 1.54) is 29.6 Å². The standard InChI is InChI=1S/C24H35N7O5S/c1-36-17-14-16(8-9-18(17)37(34,35)31-12-6-3-7-13-31)28-21-19(20(25)32)22(33)30-23(29-21)27-15-24(26)10-4-2-5-11-24/h8-9,14H,2-7,10-13,15,26H2,1H3,(H2,25,32)(H3,27,28,29,30,33). The molecule has 1 aliphatic heterocycles. The topological polar surface area (TPSA) is 186 Å². The maximum Gasteiger partial charge on any atom is 0.267 e. The molecule has 1 aromatic carbocycles. The molecule has 2 fully saturated rings. The van der Waals surface area contributed by atoms with Crippen molar-refractivity contribution >= 4 is 33.4 Å². The Hall–Kier alpha value is -3.16. The van der Waals surface area contributed by atoms with Crippen molar-refractivity contribution in [3.8, 4) is 5.75 Å². The van der Waals surface area contributed by atoms with Gasteiger partial charge >= 0.3 is 0 Å². The fraction of sp³-hybridized carbons (Fsp3) is 0.542. The number of ether oxygens (including phenoxy) is 1. The van der Waals surface area contributed by atoms with Crippen LogP contribution in [0.1, 0.15) is 61.7 Å². The molecule has 2 aliphatic rings. The Bertz CT molecular complexity index is 1300. The van der Waals surface area contributed by atoms with Crippen LogP contribution < -0.4 is 32.4 Å².